The van der Waals surface area contributed by atoms with E-state index >= 15 is 4.39 Å². The number of aromatic nitrogens is 10. The molecule has 0 N–H and O–H groups in total. The zero-order valence-electron chi connectivity index (χ0n) is 22.5. The number of nitrogens with zero attached hydrogens (tertiary/aromatic N) is 10. The summed E-state index contributed by atoms with van der Waals surface area (Å²) < 4.78 is 61.0. The summed E-state index contributed by atoms with van der Waals surface area (Å²) in [4.78, 5) is 16.4. The van der Waals surface area contributed by atoms with E-state index in [1.54, 1.807) is 13.2 Å². The monoisotopic (exact) mass is 626 g/mol. The molecule has 6 aromatic rings. The Hall–Kier alpha value is -5.38. The van der Waals surface area contributed by atoms with Gasteiger partial charge in [0.1, 0.15) is 6.33 Å². The van der Waals surface area contributed by atoms with Crippen LogP contribution in [0.5, 0.6) is 0 Å². The van der Waals surface area contributed by atoms with Crippen LogP contribution in [0.4, 0.5) is 17.6 Å². The number of rotatable bonds is 7. The Kier molecular flexibility index (Phi) is 7.20. The predicted molar refractivity (Wildman–Crippen MR) is 147 cm³/mol. The number of benzene rings is 1. The molecule has 0 bridgehead atoms. The number of hydrogen-bond acceptors (Lipinski definition) is 7. The van der Waals surface area contributed by atoms with E-state index in [9.17, 15) is 23.2 Å². The van der Waals surface area contributed by atoms with Gasteiger partial charge in [0, 0.05) is 55.2 Å². The fourth-order valence-electron chi connectivity index (χ4n) is 4.73. The van der Waals surface area contributed by atoms with Gasteiger partial charge in [0.05, 0.1) is 40.1 Å². The first kappa shape index (κ1) is 28.7. The minimum atomic E-state index is -4.60. The largest absolute Gasteiger partial charge is 0.618 e. The third-order valence-corrected chi connectivity index (χ3v) is 7.24. The average Bonchev–Trinajstić information content (AvgIpc) is 3.77. The van der Waals surface area contributed by atoms with Crippen LogP contribution in [0.25, 0.3) is 27.9 Å². The lowest BCUT2D eigenvalue weighted by atomic mass is 10.0. The van der Waals surface area contributed by atoms with Gasteiger partial charge in [-0.3, -0.25) is 14.2 Å². The molecule has 0 saturated heterocycles. The molecule has 0 spiro atoms. The number of pyridine rings is 2. The fraction of sp³-hybridized carbons (Fsp3) is 0.148. The second-order valence-corrected chi connectivity index (χ2v) is 10.1. The molecule has 0 aliphatic heterocycles. The molecule has 0 aliphatic carbocycles. The zero-order chi connectivity index (χ0) is 31.2. The Balaban J connectivity index is 1.44. The quantitative estimate of drug-likeness (QED) is 0.150. The molecule has 1 atom stereocenters. The standard InChI is InChI=1S/C27H19ClF4N10O2/c1-38-6-7-39(26(38)43)14-23(40-12-18(10-35-40)17-8-19(11-33-9-17)27(30,31)32)21-4-2-16(13-42(21)44)24-22(41-15-34-36-37-41)5-3-20(28)25(24)29/h2-13,15,23H,14H2,1H3/t23-/m0/s1. The molecule has 44 heavy (non-hydrogen) atoms. The first-order chi connectivity index (χ1) is 21.0. The van der Waals surface area contributed by atoms with Crippen LogP contribution in [0.2, 0.25) is 5.02 Å². The van der Waals surface area contributed by atoms with E-state index in [0.29, 0.717) is 16.5 Å². The van der Waals surface area contributed by atoms with Crippen LogP contribution < -0.4 is 10.4 Å². The van der Waals surface area contributed by atoms with Gasteiger partial charge in [-0.05, 0) is 34.7 Å². The smallest absolute Gasteiger partial charge is 0.417 e. The van der Waals surface area contributed by atoms with Crippen molar-refractivity contribution in [3.05, 3.63) is 118 Å². The van der Waals surface area contributed by atoms with Crippen molar-refractivity contribution in [2.75, 3.05) is 0 Å². The van der Waals surface area contributed by atoms with Crippen molar-refractivity contribution in [3.8, 4) is 27.9 Å². The van der Waals surface area contributed by atoms with Gasteiger partial charge < -0.3 is 9.77 Å². The van der Waals surface area contributed by atoms with Gasteiger partial charge in [0.25, 0.3) is 0 Å². The summed E-state index contributed by atoms with van der Waals surface area (Å²) >= 11 is 6.06. The number of tetrazole rings is 1. The SMILES string of the molecule is Cn1ccn(C[C@@H](c2ccc(-c3c(-n4cnnn4)ccc(Cl)c3F)c[n+]2[O-])n2cc(-c3cncc(C(F)(F)F)c3)cn2)c1=O. The van der Waals surface area contributed by atoms with Crippen LogP contribution in [-0.2, 0) is 19.8 Å². The number of halogens is 5. The van der Waals surface area contributed by atoms with Gasteiger partial charge in [-0.1, -0.05) is 11.6 Å². The van der Waals surface area contributed by atoms with Crippen molar-refractivity contribution >= 4 is 11.6 Å². The summed E-state index contributed by atoms with van der Waals surface area (Å²) in [6, 6.07) is 5.79. The van der Waals surface area contributed by atoms with Gasteiger partial charge in [0.15, 0.2) is 18.1 Å². The van der Waals surface area contributed by atoms with Crippen LogP contribution in [0.15, 0.2) is 84.8 Å². The summed E-state index contributed by atoms with van der Waals surface area (Å²) in [6.07, 6.45) is 5.63. The van der Waals surface area contributed by atoms with Gasteiger partial charge in [-0.2, -0.15) is 27.7 Å². The molecule has 224 valence electrons. The van der Waals surface area contributed by atoms with E-state index in [1.807, 2.05) is 0 Å². The van der Waals surface area contributed by atoms with E-state index in [-0.39, 0.29) is 45.3 Å². The van der Waals surface area contributed by atoms with Gasteiger partial charge in [-0.25, -0.2) is 9.18 Å². The highest BCUT2D eigenvalue weighted by Crippen LogP contribution is 2.34. The van der Waals surface area contributed by atoms with Crippen molar-refractivity contribution in [2.45, 2.75) is 18.8 Å². The summed E-state index contributed by atoms with van der Waals surface area (Å²) in [7, 11) is 1.56. The van der Waals surface area contributed by atoms with Gasteiger partial charge in [-0.15, -0.1) is 5.10 Å². The summed E-state index contributed by atoms with van der Waals surface area (Å²) in [6.45, 7) is -0.0649. The summed E-state index contributed by atoms with van der Waals surface area (Å²) in [5.74, 6) is -0.800. The van der Waals surface area contributed by atoms with Crippen molar-refractivity contribution < 1.29 is 22.3 Å². The molecule has 0 unspecified atom stereocenters. The average molecular weight is 627 g/mol. The predicted octanol–water partition coefficient (Wildman–Crippen LogP) is 3.82. The first-order valence-corrected chi connectivity index (χ1v) is 13.1. The highest BCUT2D eigenvalue weighted by atomic mass is 35.5. The maximum Gasteiger partial charge on any atom is 0.417 e. The van der Waals surface area contributed by atoms with E-state index in [1.165, 1.54) is 73.9 Å². The highest BCUT2D eigenvalue weighted by Gasteiger charge is 2.32. The van der Waals surface area contributed by atoms with Crippen LogP contribution in [0, 0.1) is 11.0 Å². The number of alkyl halides is 3. The number of imidazole rings is 1. The van der Waals surface area contributed by atoms with Gasteiger partial charge in [0.2, 0.25) is 5.69 Å². The molecule has 0 aliphatic rings. The molecule has 0 fully saturated rings. The summed E-state index contributed by atoms with van der Waals surface area (Å²) in [5.41, 5.74) is -0.399. The molecule has 0 amide bonds. The molecule has 17 heteroatoms. The first-order valence-electron chi connectivity index (χ1n) is 12.7. The second-order valence-electron chi connectivity index (χ2n) is 9.71. The molecule has 1 aromatic carbocycles. The molecule has 5 heterocycles. The van der Waals surface area contributed by atoms with Crippen LogP contribution in [0.1, 0.15) is 17.3 Å². The molecule has 5 aromatic heterocycles. The van der Waals surface area contributed by atoms with Crippen LogP contribution in [-0.4, -0.2) is 44.1 Å². The Morgan fingerprint density at radius 1 is 1.07 bits per heavy atom. The molecule has 12 nitrogen and oxygen atoms in total. The normalized spacial score (nSPS) is 12.5. The topological polar surface area (TPSA) is 128 Å². The van der Waals surface area contributed by atoms with E-state index in [0.717, 1.165) is 12.3 Å². The Morgan fingerprint density at radius 3 is 2.57 bits per heavy atom. The zero-order valence-corrected chi connectivity index (χ0v) is 23.2. The molecule has 0 saturated carbocycles. The molecule has 6 rings (SSSR count). The fourth-order valence-corrected chi connectivity index (χ4v) is 4.89. The third-order valence-electron chi connectivity index (χ3n) is 6.95. The minimum Gasteiger partial charge on any atom is -0.618 e. The number of aryl methyl sites for hydroxylation is 1. The van der Waals surface area contributed by atoms with Crippen LogP contribution >= 0.6 is 11.6 Å². The van der Waals surface area contributed by atoms with E-state index in [4.69, 9.17) is 11.6 Å². The summed E-state index contributed by atoms with van der Waals surface area (Å²) in [5, 5.41) is 28.7. The maximum atomic E-state index is 15.3. The van der Waals surface area contributed by atoms with E-state index in [2.05, 4.69) is 25.6 Å². The Morgan fingerprint density at radius 2 is 1.89 bits per heavy atom. The lowest BCUT2D eigenvalue weighted by Gasteiger charge is -2.18. The number of hydrogen-bond donors (Lipinski definition) is 0. The van der Waals surface area contributed by atoms with Crippen molar-refractivity contribution in [1.82, 2.24) is 44.1 Å². The van der Waals surface area contributed by atoms with Crippen molar-refractivity contribution in [1.29, 1.82) is 0 Å². The Bertz CT molecular complexity index is 2040. The molecule has 0 radical (unpaired) electrons. The maximum absolute atomic E-state index is 15.3. The Labute approximate surface area is 249 Å². The third kappa shape index (κ3) is 5.30. The minimum absolute atomic E-state index is 0.0322. The molecular weight excluding hydrogens is 608 g/mol. The van der Waals surface area contributed by atoms with Crippen molar-refractivity contribution in [2.24, 2.45) is 7.05 Å². The van der Waals surface area contributed by atoms with Crippen LogP contribution in [0.3, 0.4) is 0 Å². The molecular formula is C27H19ClF4N10O2. The van der Waals surface area contributed by atoms with Crippen molar-refractivity contribution in [3.63, 3.8) is 0 Å². The van der Waals surface area contributed by atoms with Gasteiger partial charge >= 0.3 is 11.9 Å². The van der Waals surface area contributed by atoms with E-state index < -0.39 is 23.6 Å². The highest BCUT2D eigenvalue weighted by molar-refractivity contribution is 6.31. The second kappa shape index (κ2) is 11.0. The lowest BCUT2D eigenvalue weighted by Crippen LogP contribution is -2.38. The lowest BCUT2D eigenvalue weighted by molar-refractivity contribution is -0.615.